The Morgan fingerprint density at radius 2 is 1.82 bits per heavy atom. The molecule has 1 fully saturated rings. The maximum atomic E-state index is 13.1. The second kappa shape index (κ2) is 9.32. The van der Waals surface area contributed by atoms with Crippen molar-refractivity contribution >= 4 is 29.7 Å². The summed E-state index contributed by atoms with van der Waals surface area (Å²) >= 11 is 1.52. The molecule has 1 N–H and O–H groups in total. The summed E-state index contributed by atoms with van der Waals surface area (Å²) in [6.45, 7) is 6.83. The monoisotopic (exact) mass is 408 g/mol. The third-order valence-corrected chi connectivity index (χ3v) is 5.46. The van der Waals surface area contributed by atoms with E-state index < -0.39 is 29.7 Å². The molecule has 0 aliphatic carbocycles. The summed E-state index contributed by atoms with van der Waals surface area (Å²) in [6.07, 6.45) is 0.501. The number of nitrogens with zero attached hydrogens (tertiary/aromatic N) is 1. The lowest BCUT2D eigenvalue weighted by molar-refractivity contribution is -0.151. The molecule has 0 bridgehead atoms. The molecule has 8 heteroatoms. The lowest BCUT2D eigenvalue weighted by Crippen LogP contribution is -2.53. The topological polar surface area (TPSA) is 84.9 Å². The highest BCUT2D eigenvalue weighted by atomic mass is 32.2. The molecule has 0 radical (unpaired) electrons. The van der Waals surface area contributed by atoms with E-state index in [4.69, 9.17) is 9.47 Å². The minimum absolute atomic E-state index is 0.220. The molecule has 1 aromatic rings. The smallest absolute Gasteiger partial charge is 0.408 e. The lowest BCUT2D eigenvalue weighted by atomic mass is 10.2. The summed E-state index contributed by atoms with van der Waals surface area (Å²) in [5.41, 5.74) is -0.666. The number of benzene rings is 1. The second-order valence-electron chi connectivity index (χ2n) is 7.62. The first-order valence-corrected chi connectivity index (χ1v) is 10.1. The van der Waals surface area contributed by atoms with E-state index in [-0.39, 0.29) is 11.3 Å². The van der Waals surface area contributed by atoms with Gasteiger partial charge in [-0.05, 0) is 52.7 Å². The molecule has 0 aromatic heterocycles. The van der Waals surface area contributed by atoms with Gasteiger partial charge >= 0.3 is 12.1 Å². The van der Waals surface area contributed by atoms with Crippen molar-refractivity contribution in [3.05, 3.63) is 30.3 Å². The van der Waals surface area contributed by atoms with Crippen LogP contribution >= 0.6 is 11.8 Å². The largest absolute Gasteiger partial charge is 0.467 e. The minimum Gasteiger partial charge on any atom is -0.467 e. The molecule has 7 nitrogen and oxygen atoms in total. The van der Waals surface area contributed by atoms with Gasteiger partial charge in [0, 0.05) is 4.90 Å². The van der Waals surface area contributed by atoms with Crippen molar-refractivity contribution in [1.29, 1.82) is 0 Å². The van der Waals surface area contributed by atoms with E-state index in [0.29, 0.717) is 12.8 Å². The highest BCUT2D eigenvalue weighted by molar-refractivity contribution is 8.00. The second-order valence-corrected chi connectivity index (χ2v) is 8.87. The van der Waals surface area contributed by atoms with Crippen LogP contribution in [-0.4, -0.2) is 53.0 Å². The number of methoxy groups -OCH3 is 1. The van der Waals surface area contributed by atoms with E-state index in [1.807, 2.05) is 30.3 Å². The van der Waals surface area contributed by atoms with Crippen molar-refractivity contribution in [1.82, 2.24) is 10.2 Å². The zero-order chi connectivity index (χ0) is 20.9. The van der Waals surface area contributed by atoms with Crippen LogP contribution in [0.2, 0.25) is 0 Å². The zero-order valence-corrected chi connectivity index (χ0v) is 17.7. The fourth-order valence-electron chi connectivity index (χ4n) is 2.98. The molecule has 1 aromatic carbocycles. The van der Waals surface area contributed by atoms with Gasteiger partial charge in [0.2, 0.25) is 5.91 Å². The molecule has 3 unspecified atom stereocenters. The Kier molecular flexibility index (Phi) is 7.35. The van der Waals surface area contributed by atoms with Crippen LogP contribution in [-0.2, 0) is 19.1 Å². The first-order chi connectivity index (χ1) is 13.1. The van der Waals surface area contributed by atoms with Crippen LogP contribution in [0.5, 0.6) is 0 Å². The average molecular weight is 409 g/mol. The van der Waals surface area contributed by atoms with E-state index >= 15 is 0 Å². The molecule has 3 atom stereocenters. The van der Waals surface area contributed by atoms with Gasteiger partial charge in [0.25, 0.3) is 0 Å². The summed E-state index contributed by atoms with van der Waals surface area (Å²) < 4.78 is 10.1. The number of amides is 2. The predicted octanol–water partition coefficient (Wildman–Crippen LogP) is 3.18. The number of ether oxygens (including phenoxy) is 2. The standard InChI is InChI=1S/C20H28N2O5S/c1-13(21-19(25)27-20(2,3)4)17(23)22-15(18(24)26-5)11-12-16(22)28-14-9-7-6-8-10-14/h6-10,13,15-16H,11-12H2,1-5H3,(H,21,25). The minimum atomic E-state index is -0.834. The summed E-state index contributed by atoms with van der Waals surface area (Å²) in [5, 5.41) is 2.34. The van der Waals surface area contributed by atoms with Crippen molar-refractivity contribution in [3.63, 3.8) is 0 Å². The highest BCUT2D eigenvalue weighted by Gasteiger charge is 2.43. The van der Waals surface area contributed by atoms with Gasteiger partial charge in [-0.1, -0.05) is 18.2 Å². The molecule has 2 rings (SSSR count). The Labute approximate surface area is 170 Å². The number of thioether (sulfide) groups is 1. The number of likely N-dealkylation sites (tertiary alicyclic amines) is 1. The van der Waals surface area contributed by atoms with Crippen molar-refractivity contribution in [2.45, 2.75) is 68.5 Å². The molecule has 154 valence electrons. The van der Waals surface area contributed by atoms with Crippen LogP contribution in [0.4, 0.5) is 4.79 Å². The van der Waals surface area contributed by atoms with Gasteiger partial charge in [-0.3, -0.25) is 4.79 Å². The maximum Gasteiger partial charge on any atom is 0.408 e. The molecule has 1 saturated heterocycles. The quantitative estimate of drug-likeness (QED) is 0.753. The maximum absolute atomic E-state index is 13.1. The van der Waals surface area contributed by atoms with E-state index in [0.717, 1.165) is 4.90 Å². The predicted molar refractivity (Wildman–Crippen MR) is 107 cm³/mol. The first kappa shape index (κ1) is 22.1. The van der Waals surface area contributed by atoms with Gasteiger partial charge in [-0.15, -0.1) is 11.8 Å². The Bertz CT molecular complexity index is 704. The Hall–Kier alpha value is -2.22. The third kappa shape index (κ3) is 5.89. The van der Waals surface area contributed by atoms with Crippen molar-refractivity contribution < 1.29 is 23.9 Å². The number of carbonyl (C=O) groups excluding carboxylic acids is 3. The average Bonchev–Trinajstić information content (AvgIpc) is 3.02. The van der Waals surface area contributed by atoms with Crippen LogP contribution in [0.1, 0.15) is 40.5 Å². The Morgan fingerprint density at radius 1 is 1.18 bits per heavy atom. The number of esters is 1. The van der Waals surface area contributed by atoms with E-state index in [1.54, 1.807) is 27.7 Å². The van der Waals surface area contributed by atoms with Crippen LogP contribution < -0.4 is 5.32 Å². The zero-order valence-electron chi connectivity index (χ0n) is 16.9. The van der Waals surface area contributed by atoms with Gasteiger partial charge < -0.3 is 19.7 Å². The van der Waals surface area contributed by atoms with Gasteiger partial charge in [-0.2, -0.15) is 0 Å². The van der Waals surface area contributed by atoms with Crippen LogP contribution in [0.3, 0.4) is 0 Å². The lowest BCUT2D eigenvalue weighted by Gasteiger charge is -2.31. The molecule has 0 saturated carbocycles. The van der Waals surface area contributed by atoms with Gasteiger partial charge in [0.05, 0.1) is 12.5 Å². The summed E-state index contributed by atoms with van der Waals surface area (Å²) in [4.78, 5) is 39.9. The number of carbonyl (C=O) groups is 3. The van der Waals surface area contributed by atoms with E-state index in [2.05, 4.69) is 5.32 Å². The van der Waals surface area contributed by atoms with Gasteiger partial charge in [-0.25, -0.2) is 9.59 Å². The van der Waals surface area contributed by atoms with Crippen molar-refractivity contribution in [2.24, 2.45) is 0 Å². The number of hydrogen-bond donors (Lipinski definition) is 1. The molecule has 0 spiro atoms. The van der Waals surface area contributed by atoms with Crippen LogP contribution in [0, 0.1) is 0 Å². The SMILES string of the molecule is COC(=O)C1CCC(Sc2ccccc2)N1C(=O)C(C)NC(=O)OC(C)(C)C. The molecule has 1 aliphatic rings. The third-order valence-electron chi connectivity index (χ3n) is 4.18. The van der Waals surface area contributed by atoms with Gasteiger partial charge in [0.1, 0.15) is 17.7 Å². The van der Waals surface area contributed by atoms with Crippen LogP contribution in [0.15, 0.2) is 35.2 Å². The number of rotatable bonds is 5. The number of hydrogen-bond acceptors (Lipinski definition) is 6. The molecule has 1 heterocycles. The van der Waals surface area contributed by atoms with E-state index in [9.17, 15) is 14.4 Å². The van der Waals surface area contributed by atoms with Crippen molar-refractivity contribution in [3.8, 4) is 0 Å². The molecule has 28 heavy (non-hydrogen) atoms. The van der Waals surface area contributed by atoms with Crippen LogP contribution in [0.25, 0.3) is 0 Å². The summed E-state index contributed by atoms with van der Waals surface area (Å²) in [6, 6.07) is 8.19. The molecule has 1 aliphatic heterocycles. The molecule has 2 amide bonds. The van der Waals surface area contributed by atoms with E-state index in [1.165, 1.54) is 23.8 Å². The number of nitrogens with one attached hydrogen (secondary N) is 1. The summed E-state index contributed by atoms with van der Waals surface area (Å²) in [5.74, 6) is -0.791. The molecular formula is C20H28N2O5S. The fourth-order valence-corrected chi connectivity index (χ4v) is 4.23. The van der Waals surface area contributed by atoms with Gasteiger partial charge in [0.15, 0.2) is 0 Å². The highest BCUT2D eigenvalue weighted by Crippen LogP contribution is 2.37. The first-order valence-electron chi connectivity index (χ1n) is 9.23. The normalized spacial score (nSPS) is 20.4. The summed E-state index contributed by atoms with van der Waals surface area (Å²) in [7, 11) is 1.31. The van der Waals surface area contributed by atoms with Crippen molar-refractivity contribution in [2.75, 3.05) is 7.11 Å². The molecular weight excluding hydrogens is 380 g/mol. The Morgan fingerprint density at radius 3 is 2.39 bits per heavy atom. The number of alkyl carbamates (subject to hydrolysis) is 1. The fraction of sp³-hybridized carbons (Fsp3) is 0.550. The Balaban J connectivity index is 2.15.